The maximum absolute atomic E-state index is 5.58. The van der Waals surface area contributed by atoms with Crippen molar-refractivity contribution in [3.05, 3.63) is 23.9 Å². The summed E-state index contributed by atoms with van der Waals surface area (Å²) in [7, 11) is 0. The Morgan fingerprint density at radius 1 is 1.57 bits per heavy atom. The molecule has 0 fully saturated rings. The van der Waals surface area contributed by atoms with Crippen molar-refractivity contribution in [2.75, 3.05) is 13.2 Å². The molecule has 0 bridgehead atoms. The van der Waals surface area contributed by atoms with Crippen LogP contribution in [0.4, 0.5) is 0 Å². The molecule has 3 heteroatoms. The number of nitrogens with zero attached hydrogens (tertiary/aromatic N) is 1. The van der Waals surface area contributed by atoms with Gasteiger partial charge >= 0.3 is 0 Å². The monoisotopic (exact) mass is 194 g/mol. The number of hydrogen-bond donors (Lipinski definition) is 1. The van der Waals surface area contributed by atoms with Gasteiger partial charge in [-0.05, 0) is 31.9 Å². The molecule has 1 unspecified atom stereocenters. The van der Waals surface area contributed by atoms with Crippen LogP contribution in [0.5, 0.6) is 5.88 Å². The van der Waals surface area contributed by atoms with Crippen LogP contribution in [-0.2, 0) is 6.42 Å². The lowest BCUT2D eigenvalue weighted by Crippen LogP contribution is -2.14. The summed E-state index contributed by atoms with van der Waals surface area (Å²) in [5.41, 5.74) is 6.73. The predicted octanol–water partition coefficient (Wildman–Crippen LogP) is 1.62. The normalized spacial score (nSPS) is 12.5. The number of nitrogens with two attached hydrogens (primary N) is 1. The molecule has 0 saturated heterocycles. The van der Waals surface area contributed by atoms with Crippen molar-refractivity contribution >= 4 is 0 Å². The lowest BCUT2D eigenvalue weighted by Gasteiger charge is -2.11. The van der Waals surface area contributed by atoms with Crippen molar-refractivity contribution in [2.24, 2.45) is 11.7 Å². The van der Waals surface area contributed by atoms with Crippen LogP contribution in [-0.4, -0.2) is 18.1 Å². The Bertz CT molecular complexity index is 276. The van der Waals surface area contributed by atoms with Gasteiger partial charge in [0.2, 0.25) is 5.88 Å². The van der Waals surface area contributed by atoms with E-state index in [1.54, 1.807) is 6.20 Å². The highest BCUT2D eigenvalue weighted by molar-refractivity contribution is 5.25. The predicted molar refractivity (Wildman–Crippen MR) is 57.3 cm³/mol. The van der Waals surface area contributed by atoms with Crippen LogP contribution >= 0.6 is 0 Å². The smallest absolute Gasteiger partial charge is 0.216 e. The largest absolute Gasteiger partial charge is 0.478 e. The van der Waals surface area contributed by atoms with Gasteiger partial charge in [-0.15, -0.1) is 0 Å². The fourth-order valence-electron chi connectivity index (χ4n) is 1.30. The number of aromatic nitrogens is 1. The molecule has 14 heavy (non-hydrogen) atoms. The Morgan fingerprint density at radius 3 is 3.00 bits per heavy atom. The van der Waals surface area contributed by atoms with Crippen molar-refractivity contribution in [3.8, 4) is 5.88 Å². The first-order valence-corrected chi connectivity index (χ1v) is 5.04. The van der Waals surface area contributed by atoms with Crippen LogP contribution < -0.4 is 10.5 Å². The molecule has 78 valence electrons. The zero-order chi connectivity index (χ0) is 10.4. The Hall–Kier alpha value is -1.09. The molecule has 0 radical (unpaired) electrons. The third kappa shape index (κ3) is 3.00. The molecular weight excluding hydrogens is 176 g/mol. The summed E-state index contributed by atoms with van der Waals surface area (Å²) >= 11 is 0. The van der Waals surface area contributed by atoms with E-state index in [0.29, 0.717) is 19.1 Å². The third-order valence-electron chi connectivity index (χ3n) is 2.10. The molecule has 1 atom stereocenters. The van der Waals surface area contributed by atoms with Gasteiger partial charge in [0.1, 0.15) is 0 Å². The van der Waals surface area contributed by atoms with Gasteiger partial charge in [0.05, 0.1) is 6.61 Å². The van der Waals surface area contributed by atoms with Crippen LogP contribution in [0.15, 0.2) is 18.3 Å². The average molecular weight is 194 g/mol. The highest BCUT2D eigenvalue weighted by Crippen LogP contribution is 2.17. The molecule has 0 aromatic carbocycles. The topological polar surface area (TPSA) is 48.1 Å². The minimum absolute atomic E-state index is 0.471. The summed E-state index contributed by atoms with van der Waals surface area (Å²) in [5, 5.41) is 0. The summed E-state index contributed by atoms with van der Waals surface area (Å²) in [6.45, 7) is 5.44. The van der Waals surface area contributed by atoms with Crippen LogP contribution in [0.25, 0.3) is 0 Å². The SMILES string of the molecule is CCOc1ncccc1CC(C)CN. The van der Waals surface area contributed by atoms with E-state index in [4.69, 9.17) is 10.5 Å². The second-order valence-electron chi connectivity index (χ2n) is 3.45. The van der Waals surface area contributed by atoms with Gasteiger partial charge in [0.15, 0.2) is 0 Å². The van der Waals surface area contributed by atoms with Crippen molar-refractivity contribution in [1.82, 2.24) is 4.98 Å². The van der Waals surface area contributed by atoms with E-state index in [9.17, 15) is 0 Å². The molecule has 0 aliphatic heterocycles. The van der Waals surface area contributed by atoms with E-state index in [0.717, 1.165) is 17.9 Å². The maximum Gasteiger partial charge on any atom is 0.216 e. The summed E-state index contributed by atoms with van der Waals surface area (Å²) < 4.78 is 5.43. The summed E-state index contributed by atoms with van der Waals surface area (Å²) in [6.07, 6.45) is 2.68. The lowest BCUT2D eigenvalue weighted by molar-refractivity contribution is 0.321. The highest BCUT2D eigenvalue weighted by atomic mass is 16.5. The Kier molecular flexibility index (Phi) is 4.40. The summed E-state index contributed by atoms with van der Waals surface area (Å²) in [5.74, 6) is 1.22. The van der Waals surface area contributed by atoms with Crippen molar-refractivity contribution < 1.29 is 4.74 Å². The zero-order valence-corrected chi connectivity index (χ0v) is 8.86. The molecule has 0 spiro atoms. The molecule has 1 rings (SSSR count). The fraction of sp³-hybridized carbons (Fsp3) is 0.545. The minimum atomic E-state index is 0.471. The van der Waals surface area contributed by atoms with E-state index in [2.05, 4.69) is 11.9 Å². The van der Waals surface area contributed by atoms with E-state index in [1.165, 1.54) is 0 Å². The quantitative estimate of drug-likeness (QED) is 0.774. The van der Waals surface area contributed by atoms with Crippen molar-refractivity contribution in [3.63, 3.8) is 0 Å². The second kappa shape index (κ2) is 5.60. The Morgan fingerprint density at radius 2 is 2.36 bits per heavy atom. The second-order valence-corrected chi connectivity index (χ2v) is 3.45. The van der Waals surface area contributed by atoms with Gasteiger partial charge in [0, 0.05) is 11.8 Å². The maximum atomic E-state index is 5.58. The van der Waals surface area contributed by atoms with Gasteiger partial charge in [-0.2, -0.15) is 0 Å². The number of hydrogen-bond acceptors (Lipinski definition) is 3. The first-order chi connectivity index (χ1) is 6.77. The molecule has 3 nitrogen and oxygen atoms in total. The zero-order valence-electron chi connectivity index (χ0n) is 8.86. The summed E-state index contributed by atoms with van der Waals surface area (Å²) in [6, 6.07) is 3.98. The standard InChI is InChI=1S/C11H18N2O/c1-3-14-11-10(5-4-6-13-11)7-9(2)8-12/h4-6,9H,3,7-8,12H2,1-2H3. The van der Waals surface area contributed by atoms with Gasteiger partial charge in [0.25, 0.3) is 0 Å². The van der Waals surface area contributed by atoms with E-state index < -0.39 is 0 Å². The van der Waals surface area contributed by atoms with E-state index in [-0.39, 0.29) is 0 Å². The van der Waals surface area contributed by atoms with Gasteiger partial charge < -0.3 is 10.5 Å². The average Bonchev–Trinajstić information content (AvgIpc) is 2.21. The number of rotatable bonds is 5. The molecule has 0 amide bonds. The molecule has 2 N–H and O–H groups in total. The van der Waals surface area contributed by atoms with Crippen LogP contribution in [0.2, 0.25) is 0 Å². The first kappa shape index (κ1) is 11.0. The van der Waals surface area contributed by atoms with Gasteiger partial charge in [-0.3, -0.25) is 0 Å². The van der Waals surface area contributed by atoms with Crippen LogP contribution in [0.1, 0.15) is 19.4 Å². The first-order valence-electron chi connectivity index (χ1n) is 5.04. The van der Waals surface area contributed by atoms with Gasteiger partial charge in [-0.25, -0.2) is 4.98 Å². The molecule has 1 aromatic heterocycles. The van der Waals surface area contributed by atoms with E-state index >= 15 is 0 Å². The highest BCUT2D eigenvalue weighted by Gasteiger charge is 2.07. The van der Waals surface area contributed by atoms with Gasteiger partial charge in [-0.1, -0.05) is 13.0 Å². The molecule has 0 aliphatic carbocycles. The molecule has 1 heterocycles. The fourth-order valence-corrected chi connectivity index (χ4v) is 1.30. The summed E-state index contributed by atoms with van der Waals surface area (Å²) in [4.78, 5) is 4.19. The number of pyridine rings is 1. The molecule has 1 aromatic rings. The molecule has 0 aliphatic rings. The van der Waals surface area contributed by atoms with Crippen molar-refractivity contribution in [2.45, 2.75) is 20.3 Å². The van der Waals surface area contributed by atoms with Crippen LogP contribution in [0.3, 0.4) is 0 Å². The third-order valence-corrected chi connectivity index (χ3v) is 2.10. The molecule has 0 saturated carbocycles. The Balaban J connectivity index is 2.73. The lowest BCUT2D eigenvalue weighted by atomic mass is 10.0. The van der Waals surface area contributed by atoms with Crippen LogP contribution in [0, 0.1) is 5.92 Å². The minimum Gasteiger partial charge on any atom is -0.478 e. The Labute approximate surface area is 85.3 Å². The molecular formula is C11H18N2O. The van der Waals surface area contributed by atoms with Crippen molar-refractivity contribution in [1.29, 1.82) is 0 Å². The van der Waals surface area contributed by atoms with E-state index in [1.807, 2.05) is 19.1 Å². The number of ether oxygens (including phenoxy) is 1.